The van der Waals surface area contributed by atoms with Gasteiger partial charge < -0.3 is 5.32 Å². The van der Waals surface area contributed by atoms with E-state index in [0.29, 0.717) is 12.8 Å². The molecule has 1 aromatic carbocycles. The largest absolute Gasteiger partial charge is 0.355 e. The van der Waals surface area contributed by atoms with E-state index in [0.717, 1.165) is 23.1 Å². The summed E-state index contributed by atoms with van der Waals surface area (Å²) in [6.07, 6.45) is 7.93. The fraction of sp³-hybridized carbons (Fsp3) is 0.588. The molecule has 2 rings (SSSR count). The summed E-state index contributed by atoms with van der Waals surface area (Å²) in [4.78, 5) is 11.7. The zero-order valence-electron chi connectivity index (χ0n) is 12.4. The maximum absolute atomic E-state index is 12.8. The molecule has 1 N–H and O–H groups in total. The molecule has 1 aliphatic carbocycles. The van der Waals surface area contributed by atoms with Gasteiger partial charge in [0.1, 0.15) is 5.82 Å². The molecule has 0 atom stereocenters. The smallest absolute Gasteiger partial charge is 0.220 e. The highest BCUT2D eigenvalue weighted by Gasteiger charge is 2.13. The van der Waals surface area contributed by atoms with E-state index < -0.39 is 0 Å². The van der Waals surface area contributed by atoms with Gasteiger partial charge >= 0.3 is 0 Å². The lowest BCUT2D eigenvalue weighted by atomic mass is 10.0. The van der Waals surface area contributed by atoms with E-state index in [9.17, 15) is 9.18 Å². The van der Waals surface area contributed by atoms with Crippen LogP contribution in [0.4, 0.5) is 4.39 Å². The van der Waals surface area contributed by atoms with Crippen molar-refractivity contribution in [1.82, 2.24) is 5.32 Å². The lowest BCUT2D eigenvalue weighted by molar-refractivity contribution is -0.120. The predicted molar refractivity (Wildman–Crippen MR) is 87.1 cm³/mol. The van der Waals surface area contributed by atoms with Crippen LogP contribution in [0, 0.1) is 5.82 Å². The van der Waals surface area contributed by atoms with Gasteiger partial charge in [0.25, 0.3) is 0 Å². The molecular weight excluding hydrogens is 285 g/mol. The first-order valence-corrected chi connectivity index (χ1v) is 8.91. The van der Waals surface area contributed by atoms with Crippen molar-refractivity contribution in [3.63, 3.8) is 0 Å². The molecule has 21 heavy (non-hydrogen) atoms. The van der Waals surface area contributed by atoms with Crippen molar-refractivity contribution >= 4 is 17.7 Å². The predicted octanol–water partition coefficient (Wildman–Crippen LogP) is 3.94. The number of halogens is 1. The van der Waals surface area contributed by atoms with Crippen molar-refractivity contribution in [1.29, 1.82) is 0 Å². The van der Waals surface area contributed by atoms with Gasteiger partial charge in [0.05, 0.1) is 0 Å². The number of nitrogens with one attached hydrogen (secondary N) is 1. The summed E-state index contributed by atoms with van der Waals surface area (Å²) in [5.41, 5.74) is 1.00. The van der Waals surface area contributed by atoms with Crippen LogP contribution in [0.1, 0.15) is 44.1 Å². The quantitative estimate of drug-likeness (QED) is 0.773. The summed E-state index contributed by atoms with van der Waals surface area (Å²) in [6, 6.07) is 6.35. The van der Waals surface area contributed by atoms with E-state index >= 15 is 0 Å². The van der Waals surface area contributed by atoms with Crippen LogP contribution in [-0.4, -0.2) is 23.5 Å². The van der Waals surface area contributed by atoms with Gasteiger partial charge in [0, 0.05) is 24.0 Å². The van der Waals surface area contributed by atoms with Crippen LogP contribution in [0.2, 0.25) is 0 Å². The second-order valence-electron chi connectivity index (χ2n) is 5.61. The number of hydrogen-bond acceptors (Lipinski definition) is 2. The van der Waals surface area contributed by atoms with E-state index in [1.165, 1.54) is 44.2 Å². The molecule has 0 radical (unpaired) electrons. The highest BCUT2D eigenvalue weighted by molar-refractivity contribution is 7.99. The minimum atomic E-state index is -0.233. The highest BCUT2D eigenvalue weighted by atomic mass is 32.2. The number of amides is 1. The number of hydrogen-bond donors (Lipinski definition) is 1. The Morgan fingerprint density at radius 1 is 1.19 bits per heavy atom. The molecule has 1 amide bonds. The zero-order chi connectivity index (χ0) is 14.9. The number of carbonyl (C=O) groups is 1. The van der Waals surface area contributed by atoms with E-state index in [4.69, 9.17) is 0 Å². The standard InChI is InChI=1S/C17H24FNOS/c18-15-9-6-14(7-10-15)8-11-17(20)19-12-13-21-16-4-2-1-3-5-16/h6-7,9-10,16H,1-5,8,11-13H2,(H,19,20). The molecule has 1 saturated carbocycles. The van der Waals surface area contributed by atoms with Crippen LogP contribution in [0.3, 0.4) is 0 Å². The molecule has 4 heteroatoms. The van der Waals surface area contributed by atoms with Crippen LogP contribution in [-0.2, 0) is 11.2 Å². The van der Waals surface area contributed by atoms with Gasteiger partial charge in [-0.3, -0.25) is 4.79 Å². The van der Waals surface area contributed by atoms with Crippen LogP contribution >= 0.6 is 11.8 Å². The van der Waals surface area contributed by atoms with Gasteiger partial charge in [-0.2, -0.15) is 11.8 Å². The van der Waals surface area contributed by atoms with Gasteiger partial charge in [-0.05, 0) is 37.0 Å². The van der Waals surface area contributed by atoms with Crippen molar-refractivity contribution in [2.24, 2.45) is 0 Å². The van der Waals surface area contributed by atoms with Crippen molar-refractivity contribution in [2.45, 2.75) is 50.2 Å². The SMILES string of the molecule is O=C(CCc1ccc(F)cc1)NCCSC1CCCCC1. The molecule has 0 bridgehead atoms. The van der Waals surface area contributed by atoms with Crippen LogP contribution < -0.4 is 5.32 Å². The Bertz CT molecular complexity index is 429. The number of carbonyl (C=O) groups excluding carboxylic acids is 1. The molecule has 0 aromatic heterocycles. The van der Waals surface area contributed by atoms with E-state index in [1.807, 2.05) is 11.8 Å². The fourth-order valence-corrected chi connectivity index (χ4v) is 3.87. The molecular formula is C17H24FNOS. The third kappa shape index (κ3) is 6.51. The molecule has 1 aromatic rings. The maximum atomic E-state index is 12.8. The van der Waals surface area contributed by atoms with Gasteiger partial charge in [0.15, 0.2) is 0 Å². The Morgan fingerprint density at radius 3 is 2.62 bits per heavy atom. The van der Waals surface area contributed by atoms with E-state index in [2.05, 4.69) is 5.32 Å². The van der Waals surface area contributed by atoms with E-state index in [-0.39, 0.29) is 11.7 Å². The highest BCUT2D eigenvalue weighted by Crippen LogP contribution is 2.27. The first-order chi connectivity index (χ1) is 10.2. The summed E-state index contributed by atoms with van der Waals surface area (Å²) in [6.45, 7) is 0.753. The minimum absolute atomic E-state index is 0.0866. The summed E-state index contributed by atoms with van der Waals surface area (Å²) in [5, 5.41) is 3.77. The Kier molecular flexibility index (Phi) is 7.07. The lowest BCUT2D eigenvalue weighted by Gasteiger charge is -2.20. The Morgan fingerprint density at radius 2 is 1.90 bits per heavy atom. The molecule has 1 fully saturated rings. The van der Waals surface area contributed by atoms with Crippen molar-refractivity contribution < 1.29 is 9.18 Å². The fourth-order valence-electron chi connectivity index (χ4n) is 2.65. The Balaban J connectivity index is 1.54. The second kappa shape index (κ2) is 9.08. The number of rotatable bonds is 7. The molecule has 0 spiro atoms. The second-order valence-corrected chi connectivity index (χ2v) is 7.02. The molecule has 1 aliphatic rings. The average molecular weight is 309 g/mol. The topological polar surface area (TPSA) is 29.1 Å². The van der Waals surface area contributed by atoms with Gasteiger partial charge in [-0.15, -0.1) is 0 Å². The minimum Gasteiger partial charge on any atom is -0.355 e. The maximum Gasteiger partial charge on any atom is 0.220 e. The number of aryl methyl sites for hydroxylation is 1. The number of benzene rings is 1. The Labute approximate surface area is 130 Å². The molecule has 0 aliphatic heterocycles. The van der Waals surface area contributed by atoms with Gasteiger partial charge in [-0.1, -0.05) is 31.4 Å². The van der Waals surface area contributed by atoms with Crippen LogP contribution in [0.15, 0.2) is 24.3 Å². The molecule has 2 nitrogen and oxygen atoms in total. The van der Waals surface area contributed by atoms with Crippen molar-refractivity contribution in [3.05, 3.63) is 35.6 Å². The first kappa shape index (κ1) is 16.3. The van der Waals surface area contributed by atoms with Crippen LogP contribution in [0.5, 0.6) is 0 Å². The summed E-state index contributed by atoms with van der Waals surface area (Å²) < 4.78 is 12.8. The summed E-state index contributed by atoms with van der Waals surface area (Å²) in [5.74, 6) is 0.860. The normalized spacial score (nSPS) is 15.9. The lowest BCUT2D eigenvalue weighted by Crippen LogP contribution is -2.26. The Hall–Kier alpha value is -1.03. The summed E-state index contributed by atoms with van der Waals surface area (Å²) in [7, 11) is 0. The molecule has 0 unspecified atom stereocenters. The van der Waals surface area contributed by atoms with Crippen molar-refractivity contribution in [2.75, 3.05) is 12.3 Å². The summed E-state index contributed by atoms with van der Waals surface area (Å²) >= 11 is 2.00. The first-order valence-electron chi connectivity index (χ1n) is 7.87. The monoisotopic (exact) mass is 309 g/mol. The molecule has 0 saturated heterocycles. The number of thioether (sulfide) groups is 1. The average Bonchev–Trinajstić information content (AvgIpc) is 2.52. The zero-order valence-corrected chi connectivity index (χ0v) is 13.3. The third-order valence-corrected chi connectivity index (χ3v) is 5.27. The molecule has 0 heterocycles. The van der Waals surface area contributed by atoms with Gasteiger partial charge in [0.2, 0.25) is 5.91 Å². The third-order valence-electron chi connectivity index (χ3n) is 3.88. The van der Waals surface area contributed by atoms with Crippen molar-refractivity contribution in [3.8, 4) is 0 Å². The van der Waals surface area contributed by atoms with Crippen LogP contribution in [0.25, 0.3) is 0 Å². The van der Waals surface area contributed by atoms with Gasteiger partial charge in [-0.25, -0.2) is 4.39 Å². The molecule has 116 valence electrons. The van der Waals surface area contributed by atoms with E-state index in [1.54, 1.807) is 12.1 Å².